The lowest BCUT2D eigenvalue weighted by atomic mass is 10.0. The fourth-order valence-corrected chi connectivity index (χ4v) is 2.87. The van der Waals surface area contributed by atoms with Crippen LogP contribution in [0.3, 0.4) is 0 Å². The average molecular weight is 338 g/mol. The van der Waals surface area contributed by atoms with Gasteiger partial charge in [-0.05, 0) is 37.1 Å². The first kappa shape index (κ1) is 17.3. The fraction of sp³-hybridized carbons (Fsp3) is 0.438. The van der Waals surface area contributed by atoms with E-state index in [1.807, 2.05) is 0 Å². The standard InChI is InChI=1S/C16H20ClN3O3/c17-11-6-4-10(5-7-11)16(23)19-9-8-14(21)20-13-3-1-2-12(13)15(18)22/h4-7,12-13H,1-3,8-9H2,(H2,18,22)(H,19,23)(H,20,21)/t12-,13-/m1/s1. The third kappa shape index (κ3) is 4.96. The van der Waals surface area contributed by atoms with Gasteiger partial charge in [-0.15, -0.1) is 0 Å². The summed E-state index contributed by atoms with van der Waals surface area (Å²) < 4.78 is 0. The molecule has 2 atom stereocenters. The van der Waals surface area contributed by atoms with Crippen LogP contribution in [0.4, 0.5) is 0 Å². The third-order valence-electron chi connectivity index (χ3n) is 3.97. The van der Waals surface area contributed by atoms with E-state index in [1.54, 1.807) is 24.3 Å². The van der Waals surface area contributed by atoms with Crippen LogP contribution in [0, 0.1) is 5.92 Å². The molecule has 1 aromatic carbocycles. The lowest BCUT2D eigenvalue weighted by molar-refractivity contribution is -0.124. The summed E-state index contributed by atoms with van der Waals surface area (Å²) in [4.78, 5) is 35.1. The number of nitrogens with two attached hydrogens (primary N) is 1. The molecular formula is C16H20ClN3O3. The van der Waals surface area contributed by atoms with Gasteiger partial charge in [-0.25, -0.2) is 0 Å². The number of amides is 3. The van der Waals surface area contributed by atoms with Gasteiger partial charge < -0.3 is 16.4 Å². The Balaban J connectivity index is 1.73. The molecule has 1 aliphatic rings. The topological polar surface area (TPSA) is 101 Å². The van der Waals surface area contributed by atoms with Crippen LogP contribution in [0.15, 0.2) is 24.3 Å². The molecule has 4 N–H and O–H groups in total. The Kier molecular flexibility index (Phi) is 5.98. The molecule has 0 bridgehead atoms. The maximum atomic E-state index is 11.9. The molecule has 0 aromatic heterocycles. The zero-order chi connectivity index (χ0) is 16.8. The number of carbonyl (C=O) groups excluding carboxylic acids is 3. The zero-order valence-corrected chi connectivity index (χ0v) is 13.4. The van der Waals surface area contributed by atoms with Crippen molar-refractivity contribution in [1.82, 2.24) is 10.6 Å². The molecule has 23 heavy (non-hydrogen) atoms. The highest BCUT2D eigenvalue weighted by Gasteiger charge is 2.32. The van der Waals surface area contributed by atoms with E-state index in [0.717, 1.165) is 12.8 Å². The second-order valence-corrected chi connectivity index (χ2v) is 6.06. The fourth-order valence-electron chi connectivity index (χ4n) is 2.75. The van der Waals surface area contributed by atoms with Crippen LogP contribution in [0.1, 0.15) is 36.0 Å². The number of benzene rings is 1. The maximum Gasteiger partial charge on any atom is 0.251 e. The second kappa shape index (κ2) is 7.97. The highest BCUT2D eigenvalue weighted by atomic mass is 35.5. The van der Waals surface area contributed by atoms with Crippen LogP contribution in [-0.2, 0) is 9.59 Å². The van der Waals surface area contributed by atoms with Gasteiger partial charge in [0.15, 0.2) is 0 Å². The molecule has 0 saturated heterocycles. The lowest BCUT2D eigenvalue weighted by Gasteiger charge is -2.18. The van der Waals surface area contributed by atoms with Crippen LogP contribution in [0.2, 0.25) is 5.02 Å². The Morgan fingerprint density at radius 2 is 1.87 bits per heavy atom. The first-order valence-electron chi connectivity index (χ1n) is 7.60. The molecule has 0 spiro atoms. The summed E-state index contributed by atoms with van der Waals surface area (Å²) in [5.74, 6) is -1.11. The van der Waals surface area contributed by atoms with Crippen molar-refractivity contribution < 1.29 is 14.4 Å². The van der Waals surface area contributed by atoms with Gasteiger partial charge in [0.2, 0.25) is 11.8 Å². The minimum Gasteiger partial charge on any atom is -0.369 e. The zero-order valence-electron chi connectivity index (χ0n) is 12.7. The molecule has 0 heterocycles. The van der Waals surface area contributed by atoms with Crippen molar-refractivity contribution in [3.8, 4) is 0 Å². The monoisotopic (exact) mass is 337 g/mol. The van der Waals surface area contributed by atoms with Crippen LogP contribution >= 0.6 is 11.6 Å². The summed E-state index contributed by atoms with van der Waals surface area (Å²) in [6, 6.07) is 6.31. The van der Waals surface area contributed by atoms with Crippen molar-refractivity contribution in [1.29, 1.82) is 0 Å². The molecule has 1 aliphatic carbocycles. The van der Waals surface area contributed by atoms with Crippen LogP contribution in [-0.4, -0.2) is 30.3 Å². The number of carbonyl (C=O) groups is 3. The largest absolute Gasteiger partial charge is 0.369 e. The molecular weight excluding hydrogens is 318 g/mol. The Morgan fingerprint density at radius 1 is 1.17 bits per heavy atom. The Labute approximate surface area is 139 Å². The van der Waals surface area contributed by atoms with Crippen molar-refractivity contribution >= 4 is 29.3 Å². The van der Waals surface area contributed by atoms with E-state index in [0.29, 0.717) is 17.0 Å². The van der Waals surface area contributed by atoms with E-state index < -0.39 is 0 Å². The van der Waals surface area contributed by atoms with Gasteiger partial charge in [0.1, 0.15) is 0 Å². The van der Waals surface area contributed by atoms with Crippen LogP contribution in [0.5, 0.6) is 0 Å². The molecule has 1 saturated carbocycles. The highest BCUT2D eigenvalue weighted by molar-refractivity contribution is 6.30. The highest BCUT2D eigenvalue weighted by Crippen LogP contribution is 2.25. The number of primary amides is 1. The molecule has 2 rings (SSSR count). The van der Waals surface area contributed by atoms with E-state index in [2.05, 4.69) is 10.6 Å². The smallest absolute Gasteiger partial charge is 0.251 e. The predicted octanol–water partition coefficient (Wildman–Crippen LogP) is 1.23. The van der Waals surface area contributed by atoms with Gasteiger partial charge in [0.25, 0.3) is 5.91 Å². The van der Waals surface area contributed by atoms with Gasteiger partial charge in [-0.3, -0.25) is 14.4 Å². The summed E-state index contributed by atoms with van der Waals surface area (Å²) in [6.07, 6.45) is 2.51. The Morgan fingerprint density at radius 3 is 2.52 bits per heavy atom. The normalized spacial score (nSPS) is 20.0. The Bertz CT molecular complexity index is 589. The van der Waals surface area contributed by atoms with E-state index >= 15 is 0 Å². The number of hydrogen-bond acceptors (Lipinski definition) is 3. The molecule has 7 heteroatoms. The minimum absolute atomic E-state index is 0.154. The van der Waals surface area contributed by atoms with Crippen molar-refractivity contribution in [3.05, 3.63) is 34.9 Å². The molecule has 0 aliphatic heterocycles. The van der Waals surface area contributed by atoms with Crippen molar-refractivity contribution in [2.45, 2.75) is 31.7 Å². The molecule has 1 aromatic rings. The van der Waals surface area contributed by atoms with Gasteiger partial charge >= 0.3 is 0 Å². The number of halogens is 1. The first-order chi connectivity index (χ1) is 11.0. The van der Waals surface area contributed by atoms with Gasteiger partial charge in [0, 0.05) is 29.6 Å². The lowest BCUT2D eigenvalue weighted by Crippen LogP contribution is -2.43. The van der Waals surface area contributed by atoms with Gasteiger partial charge in [-0.2, -0.15) is 0 Å². The van der Waals surface area contributed by atoms with Crippen LogP contribution in [0.25, 0.3) is 0 Å². The molecule has 124 valence electrons. The quantitative estimate of drug-likeness (QED) is 0.727. The van der Waals surface area contributed by atoms with E-state index in [-0.39, 0.29) is 42.6 Å². The first-order valence-corrected chi connectivity index (χ1v) is 7.97. The molecule has 6 nitrogen and oxygen atoms in total. The van der Waals surface area contributed by atoms with E-state index in [1.165, 1.54) is 0 Å². The Hall–Kier alpha value is -2.08. The van der Waals surface area contributed by atoms with Gasteiger partial charge in [0.05, 0.1) is 5.92 Å². The SMILES string of the molecule is NC(=O)[C@@H]1CCC[C@H]1NC(=O)CCNC(=O)c1ccc(Cl)cc1. The molecule has 3 amide bonds. The number of rotatable bonds is 6. The molecule has 0 unspecified atom stereocenters. The van der Waals surface area contributed by atoms with Crippen molar-refractivity contribution in [2.24, 2.45) is 11.7 Å². The predicted molar refractivity (Wildman–Crippen MR) is 86.9 cm³/mol. The minimum atomic E-state index is -0.371. The molecule has 1 fully saturated rings. The molecule has 0 radical (unpaired) electrons. The summed E-state index contributed by atoms with van der Waals surface area (Å²) in [5.41, 5.74) is 5.81. The second-order valence-electron chi connectivity index (χ2n) is 5.63. The average Bonchev–Trinajstić information content (AvgIpc) is 2.96. The van der Waals surface area contributed by atoms with E-state index in [4.69, 9.17) is 17.3 Å². The summed E-state index contributed by atoms with van der Waals surface area (Å²) >= 11 is 5.76. The number of nitrogens with one attached hydrogen (secondary N) is 2. The maximum absolute atomic E-state index is 11.9. The summed E-state index contributed by atoms with van der Waals surface area (Å²) in [6.45, 7) is 0.223. The van der Waals surface area contributed by atoms with Crippen molar-refractivity contribution in [2.75, 3.05) is 6.54 Å². The van der Waals surface area contributed by atoms with Gasteiger partial charge in [-0.1, -0.05) is 18.0 Å². The van der Waals surface area contributed by atoms with Crippen molar-refractivity contribution in [3.63, 3.8) is 0 Å². The van der Waals surface area contributed by atoms with E-state index in [9.17, 15) is 14.4 Å². The van der Waals surface area contributed by atoms with Crippen LogP contribution < -0.4 is 16.4 Å². The third-order valence-corrected chi connectivity index (χ3v) is 4.22. The number of hydrogen-bond donors (Lipinski definition) is 3. The summed E-state index contributed by atoms with van der Waals surface area (Å²) in [7, 11) is 0. The summed E-state index contributed by atoms with van der Waals surface area (Å²) in [5, 5.41) is 6.05.